The van der Waals surface area contributed by atoms with E-state index in [1.54, 1.807) is 5.56 Å². The fraction of sp³-hybridized carbons (Fsp3) is 0.462. The Morgan fingerprint density at radius 1 is 0.469 bits per heavy atom. The lowest BCUT2D eigenvalue weighted by Gasteiger charge is -2.48. The van der Waals surface area contributed by atoms with Crippen molar-refractivity contribution in [1.29, 1.82) is 0 Å². The molecule has 3 heteroatoms. The summed E-state index contributed by atoms with van der Waals surface area (Å²) in [6.45, 7) is 46.3. The highest BCUT2D eigenvalue weighted by Crippen LogP contribution is 2.55. The number of fused-ring (bicyclic) bond motifs is 5. The van der Waals surface area contributed by atoms with Gasteiger partial charge >= 0.3 is 0 Å². The summed E-state index contributed by atoms with van der Waals surface area (Å²) in [5.41, 5.74) is 28.8. The molecule has 7 aromatic rings. The molecule has 2 heterocycles. The second-order valence-electron chi connectivity index (χ2n) is 31.4. The topological polar surface area (TPSA) is 6.48 Å². The van der Waals surface area contributed by atoms with Crippen LogP contribution in [0.25, 0.3) is 11.1 Å². The zero-order chi connectivity index (χ0) is 58.1. The second-order valence-corrected chi connectivity index (χ2v) is 31.4. The molecular formula is C78H97BN2. The van der Waals surface area contributed by atoms with Gasteiger partial charge in [-0.3, -0.25) is 0 Å². The first-order valence-electron chi connectivity index (χ1n) is 31.4. The van der Waals surface area contributed by atoms with Gasteiger partial charge in [0.05, 0.1) is 5.69 Å². The maximum atomic E-state index is 2.74. The Hall–Kier alpha value is -5.80. The van der Waals surface area contributed by atoms with Crippen molar-refractivity contribution in [3.8, 4) is 11.1 Å². The quantitative estimate of drug-likeness (QED) is 0.147. The lowest BCUT2D eigenvalue weighted by molar-refractivity contribution is 0.130. The van der Waals surface area contributed by atoms with Gasteiger partial charge in [-0.25, -0.2) is 0 Å². The first kappa shape index (κ1) is 57.0. The molecule has 0 aromatic heterocycles. The molecule has 0 spiro atoms. The third-order valence-corrected chi connectivity index (χ3v) is 21.0. The van der Waals surface area contributed by atoms with Gasteiger partial charge in [-0.2, -0.15) is 0 Å². The van der Waals surface area contributed by atoms with Crippen molar-refractivity contribution in [2.45, 2.75) is 228 Å². The molecular weight excluding hydrogens is 976 g/mol. The van der Waals surface area contributed by atoms with Gasteiger partial charge < -0.3 is 9.80 Å². The zero-order valence-electron chi connectivity index (χ0n) is 53.5. The second kappa shape index (κ2) is 19.9. The van der Waals surface area contributed by atoms with E-state index in [0.29, 0.717) is 5.92 Å². The van der Waals surface area contributed by atoms with Gasteiger partial charge in [0, 0.05) is 34.0 Å². The maximum absolute atomic E-state index is 2.74. The van der Waals surface area contributed by atoms with E-state index in [9.17, 15) is 0 Å². The molecule has 1 fully saturated rings. The van der Waals surface area contributed by atoms with Crippen LogP contribution in [0.5, 0.6) is 0 Å². The number of benzene rings is 7. The third kappa shape index (κ3) is 9.95. The maximum Gasteiger partial charge on any atom is 0.252 e. The molecule has 0 amide bonds. The SMILES string of the molecule is Cc1cc(C(C)(C)C)ccc1N1c2cc(Cc3ccc(C(C)C)cc3C3(C)CCCCCCC3(C)C)ccc2B2c3cc4c(cc3N(c3ccc(C(C)(C)C)cc3-c3ccccc3)c3cc(C(C)(C)C)cc1c32)C(C)(C)CCC4(C)C. The number of nitrogens with zero attached hydrogens (tertiary/aromatic N) is 2. The van der Waals surface area contributed by atoms with E-state index >= 15 is 0 Å². The summed E-state index contributed by atoms with van der Waals surface area (Å²) in [5, 5.41) is 0. The minimum atomic E-state index is -0.147. The summed E-state index contributed by atoms with van der Waals surface area (Å²) in [6.07, 6.45) is 11.0. The minimum absolute atomic E-state index is 0.000375. The lowest BCUT2D eigenvalue weighted by Crippen LogP contribution is -2.62. The largest absolute Gasteiger partial charge is 0.311 e. The van der Waals surface area contributed by atoms with Crippen molar-refractivity contribution in [3.63, 3.8) is 0 Å². The van der Waals surface area contributed by atoms with E-state index in [0.717, 1.165) is 19.3 Å². The fourth-order valence-corrected chi connectivity index (χ4v) is 14.9. The molecule has 1 saturated carbocycles. The average Bonchev–Trinajstić information content (AvgIpc) is 1.12. The lowest BCUT2D eigenvalue weighted by atomic mass is 9.33. The van der Waals surface area contributed by atoms with Gasteiger partial charge in [-0.15, -0.1) is 0 Å². The molecule has 0 radical (unpaired) electrons. The van der Waals surface area contributed by atoms with Crippen molar-refractivity contribution in [3.05, 3.63) is 183 Å². The predicted octanol–water partition coefficient (Wildman–Crippen LogP) is 20.3. The van der Waals surface area contributed by atoms with Crippen LogP contribution in [0, 0.1) is 12.3 Å². The van der Waals surface area contributed by atoms with Gasteiger partial charge in [0.1, 0.15) is 0 Å². The van der Waals surface area contributed by atoms with E-state index in [1.807, 2.05) is 0 Å². The normalized spacial score (nSPS) is 19.3. The van der Waals surface area contributed by atoms with Gasteiger partial charge in [-0.1, -0.05) is 235 Å². The minimum Gasteiger partial charge on any atom is -0.311 e. The van der Waals surface area contributed by atoms with Crippen LogP contribution in [-0.2, 0) is 38.9 Å². The molecule has 2 nitrogen and oxygen atoms in total. The number of aryl methyl sites for hydroxylation is 1. The number of hydrogen-bond acceptors (Lipinski definition) is 2. The monoisotopic (exact) mass is 1070 g/mol. The first-order valence-corrected chi connectivity index (χ1v) is 31.4. The zero-order valence-corrected chi connectivity index (χ0v) is 53.5. The molecule has 0 N–H and O–H groups in total. The van der Waals surface area contributed by atoms with Crippen LogP contribution in [0.2, 0.25) is 0 Å². The number of hydrogen-bond donors (Lipinski definition) is 0. The van der Waals surface area contributed by atoms with Crippen LogP contribution < -0.4 is 26.2 Å². The van der Waals surface area contributed by atoms with Crippen LogP contribution in [-0.4, -0.2) is 6.71 Å². The molecule has 81 heavy (non-hydrogen) atoms. The van der Waals surface area contributed by atoms with Crippen LogP contribution >= 0.6 is 0 Å². The van der Waals surface area contributed by atoms with Gasteiger partial charge in [0.25, 0.3) is 6.71 Å². The fourth-order valence-electron chi connectivity index (χ4n) is 14.9. The van der Waals surface area contributed by atoms with Gasteiger partial charge in [-0.05, 0) is 203 Å². The van der Waals surface area contributed by atoms with Crippen molar-refractivity contribution >= 4 is 57.2 Å². The van der Waals surface area contributed by atoms with Crippen LogP contribution in [0.1, 0.15) is 238 Å². The van der Waals surface area contributed by atoms with Gasteiger partial charge in [0.2, 0.25) is 0 Å². The van der Waals surface area contributed by atoms with Crippen LogP contribution in [0.15, 0.2) is 127 Å². The summed E-state index contributed by atoms with van der Waals surface area (Å²) >= 11 is 0. The molecule has 1 unspecified atom stereocenters. The standard InChI is InChI=1S/C78H97BN2/c1-50(2)54-30-31-55(60(44-54)78(19)38-26-21-20-25-37-77(78,17)18)42-52-29-34-63-67(43-52)80(65-35-32-56(41-51(65)3)72(4,5)6)69-46-58(74(10,11)12)47-70-71(69)79(63)64-48-61-62(76(15,16)40-39-75(61,13)14)49-68(64)81(70)66-36-33-57(73(7,8)9)45-59(66)53-27-23-22-24-28-53/h22-24,27-36,41,43-50H,20-21,25-26,37-40,42H2,1-19H3. The number of rotatable bonds is 7. The summed E-state index contributed by atoms with van der Waals surface area (Å²) in [5.74, 6) is 0.468. The molecule has 2 aliphatic carbocycles. The Bertz CT molecular complexity index is 3560. The highest BCUT2D eigenvalue weighted by molar-refractivity contribution is 7.00. The summed E-state index contributed by atoms with van der Waals surface area (Å²) in [4.78, 5) is 5.46. The third-order valence-electron chi connectivity index (χ3n) is 21.0. The molecule has 422 valence electrons. The highest BCUT2D eigenvalue weighted by Gasteiger charge is 2.48. The predicted molar refractivity (Wildman–Crippen MR) is 354 cm³/mol. The summed E-state index contributed by atoms with van der Waals surface area (Å²) in [7, 11) is 0. The van der Waals surface area contributed by atoms with E-state index in [4.69, 9.17) is 0 Å². The first-order chi connectivity index (χ1) is 37.9. The molecule has 11 rings (SSSR count). The Labute approximate surface area is 491 Å². The molecule has 0 bridgehead atoms. The summed E-state index contributed by atoms with van der Waals surface area (Å²) < 4.78 is 0. The van der Waals surface area contributed by atoms with Gasteiger partial charge in [0.15, 0.2) is 0 Å². The van der Waals surface area contributed by atoms with E-state index in [-0.39, 0.29) is 44.6 Å². The van der Waals surface area contributed by atoms with E-state index < -0.39 is 0 Å². The Kier molecular flexibility index (Phi) is 14.0. The highest BCUT2D eigenvalue weighted by atomic mass is 15.2. The van der Waals surface area contributed by atoms with E-state index in [1.165, 1.54) is 150 Å². The Morgan fingerprint density at radius 2 is 1.04 bits per heavy atom. The van der Waals surface area contributed by atoms with Crippen LogP contribution in [0.4, 0.5) is 34.1 Å². The van der Waals surface area contributed by atoms with Crippen molar-refractivity contribution in [1.82, 2.24) is 0 Å². The van der Waals surface area contributed by atoms with Crippen molar-refractivity contribution < 1.29 is 0 Å². The van der Waals surface area contributed by atoms with Crippen LogP contribution in [0.3, 0.4) is 0 Å². The smallest absolute Gasteiger partial charge is 0.252 e. The Balaban J connectivity index is 1.23. The van der Waals surface area contributed by atoms with Crippen molar-refractivity contribution in [2.24, 2.45) is 5.41 Å². The average molecular weight is 1070 g/mol. The molecule has 2 aliphatic heterocycles. The molecule has 0 saturated heterocycles. The molecule has 1 atom stereocenters. The van der Waals surface area contributed by atoms with E-state index in [2.05, 4.69) is 269 Å². The van der Waals surface area contributed by atoms with Crippen molar-refractivity contribution in [2.75, 3.05) is 9.80 Å². The summed E-state index contributed by atoms with van der Waals surface area (Å²) in [6, 6.07) is 51.9. The molecule has 4 aliphatic rings. The number of anilines is 6. The Morgan fingerprint density at radius 3 is 1.64 bits per heavy atom. The molecule has 7 aromatic carbocycles.